The van der Waals surface area contributed by atoms with E-state index >= 15 is 0 Å². The third-order valence-corrected chi connectivity index (χ3v) is 5.18. The van der Waals surface area contributed by atoms with Gasteiger partial charge in [-0.05, 0) is 30.0 Å². The minimum Gasteiger partial charge on any atom is -0.506 e. The lowest BCUT2D eigenvalue weighted by Crippen LogP contribution is -2.24. The lowest BCUT2D eigenvalue weighted by molar-refractivity contribution is -0.117. The molecule has 3 N–H and O–H groups in total. The Labute approximate surface area is 142 Å². The van der Waals surface area contributed by atoms with Crippen LogP contribution in [0.15, 0.2) is 18.2 Å². The molecule has 2 aliphatic heterocycles. The van der Waals surface area contributed by atoms with Crippen molar-refractivity contribution in [3.63, 3.8) is 0 Å². The standard InChI is InChI=1S/C16H20FN3O3S/c1-9(2)5-11-6-10(7-18-11)12-3-4-13(21)16(15(12)17)20-8-14(22)19-24(20)23/h3-4,6,9,11,18,21H,5,7-8H2,1-2H3,(H,19,22). The third kappa shape index (κ3) is 3.16. The molecule has 2 atom stereocenters. The predicted octanol–water partition coefficient (Wildman–Crippen LogP) is 1.45. The summed E-state index contributed by atoms with van der Waals surface area (Å²) in [5, 5.41) is 13.3. The van der Waals surface area contributed by atoms with E-state index in [9.17, 15) is 18.5 Å². The number of hydrogen-bond donors (Lipinski definition) is 3. The van der Waals surface area contributed by atoms with E-state index in [4.69, 9.17) is 0 Å². The number of carbonyl (C=O) groups is 1. The monoisotopic (exact) mass is 353 g/mol. The number of amides is 1. The van der Waals surface area contributed by atoms with Gasteiger partial charge in [0.15, 0.2) is 5.82 Å². The minimum atomic E-state index is -1.89. The molecule has 130 valence electrons. The fraction of sp³-hybridized carbons (Fsp3) is 0.438. The number of phenolic OH excluding ortho intramolecular Hbond substituents is 1. The highest BCUT2D eigenvalue weighted by atomic mass is 32.2. The summed E-state index contributed by atoms with van der Waals surface area (Å²) in [4.78, 5) is 11.4. The highest BCUT2D eigenvalue weighted by Gasteiger charge is 2.33. The van der Waals surface area contributed by atoms with Gasteiger partial charge < -0.3 is 10.4 Å². The molecule has 1 aromatic carbocycles. The highest BCUT2D eigenvalue weighted by molar-refractivity contribution is 7.85. The average Bonchev–Trinajstić information content (AvgIpc) is 3.05. The topological polar surface area (TPSA) is 81.7 Å². The molecular formula is C16H20FN3O3S. The van der Waals surface area contributed by atoms with Crippen molar-refractivity contribution < 1.29 is 18.5 Å². The van der Waals surface area contributed by atoms with Gasteiger partial charge in [0.2, 0.25) is 11.2 Å². The van der Waals surface area contributed by atoms with Crippen molar-refractivity contribution in [2.75, 3.05) is 17.4 Å². The van der Waals surface area contributed by atoms with Gasteiger partial charge in [-0.2, -0.15) is 0 Å². The first kappa shape index (κ1) is 16.9. The molecule has 0 saturated carbocycles. The molecule has 2 heterocycles. The van der Waals surface area contributed by atoms with Gasteiger partial charge in [-0.15, -0.1) is 0 Å². The highest BCUT2D eigenvalue weighted by Crippen LogP contribution is 2.37. The van der Waals surface area contributed by atoms with E-state index in [1.807, 2.05) is 6.08 Å². The molecule has 2 aliphatic rings. The number of anilines is 1. The van der Waals surface area contributed by atoms with Gasteiger partial charge in [0.25, 0.3) is 5.91 Å². The summed E-state index contributed by atoms with van der Waals surface area (Å²) in [6.45, 7) is 4.52. The second kappa shape index (κ2) is 6.52. The van der Waals surface area contributed by atoms with Crippen LogP contribution in [0.4, 0.5) is 10.1 Å². The van der Waals surface area contributed by atoms with E-state index in [1.165, 1.54) is 12.1 Å². The van der Waals surface area contributed by atoms with Gasteiger partial charge in [-0.25, -0.2) is 8.60 Å². The SMILES string of the molecule is CC(C)CC1C=C(c2ccc(O)c(N3CC(=O)NS3=O)c2F)CN1. The molecule has 1 aromatic rings. The van der Waals surface area contributed by atoms with Crippen molar-refractivity contribution >= 4 is 28.3 Å². The molecule has 6 nitrogen and oxygen atoms in total. The normalized spacial score (nSPS) is 23.8. The largest absolute Gasteiger partial charge is 0.506 e. The zero-order valence-corrected chi connectivity index (χ0v) is 14.3. The van der Waals surface area contributed by atoms with E-state index in [-0.39, 0.29) is 24.0 Å². The van der Waals surface area contributed by atoms with E-state index in [0.717, 1.165) is 16.3 Å². The van der Waals surface area contributed by atoms with Crippen LogP contribution in [0.25, 0.3) is 5.57 Å². The van der Waals surface area contributed by atoms with Crippen molar-refractivity contribution in [2.24, 2.45) is 5.92 Å². The lowest BCUT2D eigenvalue weighted by atomic mass is 10.0. The first-order valence-corrected chi connectivity index (χ1v) is 8.92. The second-order valence-corrected chi connectivity index (χ2v) is 7.56. The van der Waals surface area contributed by atoms with Gasteiger partial charge in [0.05, 0.1) is 0 Å². The van der Waals surface area contributed by atoms with E-state index in [1.54, 1.807) is 0 Å². The smallest absolute Gasteiger partial charge is 0.253 e. The summed E-state index contributed by atoms with van der Waals surface area (Å²) in [7, 11) is 0. The van der Waals surface area contributed by atoms with Gasteiger partial charge in [-0.1, -0.05) is 19.9 Å². The van der Waals surface area contributed by atoms with Crippen LogP contribution < -0.4 is 14.3 Å². The number of rotatable bonds is 4. The van der Waals surface area contributed by atoms with Gasteiger partial charge in [-0.3, -0.25) is 13.8 Å². The van der Waals surface area contributed by atoms with Crippen molar-refractivity contribution in [3.8, 4) is 5.75 Å². The number of nitrogens with zero attached hydrogens (tertiary/aromatic N) is 1. The summed E-state index contributed by atoms with van der Waals surface area (Å²) in [5.74, 6) is -0.969. The van der Waals surface area contributed by atoms with Crippen LogP contribution in [0, 0.1) is 11.7 Å². The Hall–Kier alpha value is -1.93. The van der Waals surface area contributed by atoms with Crippen LogP contribution in [0.2, 0.25) is 0 Å². The first-order chi connectivity index (χ1) is 11.4. The predicted molar refractivity (Wildman–Crippen MR) is 90.9 cm³/mol. The maximum absolute atomic E-state index is 15.0. The maximum atomic E-state index is 15.0. The summed E-state index contributed by atoms with van der Waals surface area (Å²) >= 11 is -1.89. The molecule has 1 amide bonds. The summed E-state index contributed by atoms with van der Waals surface area (Å²) < 4.78 is 30.1. The quantitative estimate of drug-likeness (QED) is 0.765. The van der Waals surface area contributed by atoms with Crippen molar-refractivity contribution in [2.45, 2.75) is 26.3 Å². The third-order valence-electron chi connectivity index (χ3n) is 4.06. The van der Waals surface area contributed by atoms with E-state index < -0.39 is 22.9 Å². The van der Waals surface area contributed by atoms with Gasteiger partial charge >= 0.3 is 0 Å². The van der Waals surface area contributed by atoms with Crippen molar-refractivity contribution in [3.05, 3.63) is 29.6 Å². The molecule has 1 fully saturated rings. The van der Waals surface area contributed by atoms with Crippen LogP contribution in [0.1, 0.15) is 25.8 Å². The molecule has 0 aliphatic carbocycles. The number of phenols is 1. The molecule has 8 heteroatoms. The Balaban J connectivity index is 1.95. The van der Waals surface area contributed by atoms with E-state index in [2.05, 4.69) is 23.9 Å². The van der Waals surface area contributed by atoms with Crippen LogP contribution in [-0.4, -0.2) is 34.4 Å². The molecule has 1 saturated heterocycles. The molecule has 3 rings (SSSR count). The Morgan fingerprint density at radius 2 is 2.21 bits per heavy atom. The first-order valence-electron chi connectivity index (χ1n) is 7.81. The number of benzene rings is 1. The summed E-state index contributed by atoms with van der Waals surface area (Å²) in [6, 6.07) is 3.05. The fourth-order valence-corrected chi connectivity index (χ4v) is 3.96. The molecule has 0 radical (unpaired) electrons. The Kier molecular flexibility index (Phi) is 4.60. The number of nitrogens with one attached hydrogen (secondary N) is 2. The zero-order chi connectivity index (χ0) is 17.4. The van der Waals surface area contributed by atoms with E-state index in [0.29, 0.717) is 18.0 Å². The number of aromatic hydroxyl groups is 1. The number of hydrogen-bond acceptors (Lipinski definition) is 4. The van der Waals surface area contributed by atoms with Crippen molar-refractivity contribution in [1.29, 1.82) is 0 Å². The molecule has 24 heavy (non-hydrogen) atoms. The molecular weight excluding hydrogens is 333 g/mol. The molecule has 0 aromatic heterocycles. The fourth-order valence-electron chi connectivity index (χ4n) is 3.02. The maximum Gasteiger partial charge on any atom is 0.253 e. The van der Waals surface area contributed by atoms with Crippen molar-refractivity contribution in [1.82, 2.24) is 10.0 Å². The molecule has 0 bridgehead atoms. The average molecular weight is 353 g/mol. The molecule has 0 spiro atoms. The number of halogens is 1. The van der Waals surface area contributed by atoms with Crippen LogP contribution in [-0.2, 0) is 16.0 Å². The number of carbonyl (C=O) groups excluding carboxylic acids is 1. The lowest BCUT2D eigenvalue weighted by Gasteiger charge is -2.18. The van der Waals surface area contributed by atoms with Crippen LogP contribution >= 0.6 is 0 Å². The van der Waals surface area contributed by atoms with Gasteiger partial charge in [0.1, 0.15) is 18.0 Å². The van der Waals surface area contributed by atoms with Gasteiger partial charge in [0, 0.05) is 18.2 Å². The Morgan fingerprint density at radius 3 is 2.83 bits per heavy atom. The second-order valence-electron chi connectivity index (χ2n) is 6.41. The Morgan fingerprint density at radius 1 is 1.46 bits per heavy atom. The summed E-state index contributed by atoms with van der Waals surface area (Å²) in [5.41, 5.74) is 0.930. The molecule has 2 unspecified atom stereocenters. The van der Waals surface area contributed by atoms with Crippen LogP contribution in [0.3, 0.4) is 0 Å². The minimum absolute atomic E-state index is 0.181. The summed E-state index contributed by atoms with van der Waals surface area (Å²) in [6.07, 6.45) is 2.94. The zero-order valence-electron chi connectivity index (χ0n) is 13.5. The Bertz CT molecular complexity index is 736. The van der Waals surface area contributed by atoms with Crippen LogP contribution in [0.5, 0.6) is 5.75 Å².